The minimum atomic E-state index is 0.685. The molecule has 0 aliphatic carbocycles. The minimum Gasteiger partial charge on any atom is -0.313 e. The Morgan fingerprint density at radius 2 is 1.94 bits per heavy atom. The molecule has 1 fully saturated rings. The van der Waals surface area contributed by atoms with Gasteiger partial charge in [0, 0.05) is 18.1 Å². The lowest BCUT2D eigenvalue weighted by Crippen LogP contribution is -2.52. The highest BCUT2D eigenvalue weighted by atomic mass is 15.2. The van der Waals surface area contributed by atoms with E-state index >= 15 is 0 Å². The van der Waals surface area contributed by atoms with Gasteiger partial charge in [-0.3, -0.25) is 4.90 Å². The molecule has 108 valence electrons. The van der Waals surface area contributed by atoms with Gasteiger partial charge >= 0.3 is 0 Å². The Bertz CT molecular complexity index is 209. The van der Waals surface area contributed by atoms with Crippen LogP contribution in [0.15, 0.2) is 0 Å². The van der Waals surface area contributed by atoms with Gasteiger partial charge in [0.05, 0.1) is 0 Å². The summed E-state index contributed by atoms with van der Waals surface area (Å²) in [7, 11) is 0. The lowest BCUT2D eigenvalue weighted by molar-refractivity contribution is 0.109. The van der Waals surface area contributed by atoms with Crippen LogP contribution in [0.1, 0.15) is 66.7 Å². The van der Waals surface area contributed by atoms with Crippen LogP contribution in [0.4, 0.5) is 0 Å². The van der Waals surface area contributed by atoms with Crippen molar-refractivity contribution in [3.05, 3.63) is 0 Å². The number of nitrogens with one attached hydrogen (secondary N) is 1. The summed E-state index contributed by atoms with van der Waals surface area (Å²) in [5.41, 5.74) is 0. The Morgan fingerprint density at radius 1 is 1.22 bits per heavy atom. The van der Waals surface area contributed by atoms with Gasteiger partial charge in [-0.25, -0.2) is 0 Å². The summed E-state index contributed by atoms with van der Waals surface area (Å²) in [4.78, 5) is 2.81. The lowest BCUT2D eigenvalue weighted by atomic mass is 9.95. The van der Waals surface area contributed by atoms with Crippen LogP contribution < -0.4 is 5.32 Å². The first-order chi connectivity index (χ1) is 8.65. The van der Waals surface area contributed by atoms with Crippen LogP contribution >= 0.6 is 0 Å². The Labute approximate surface area is 115 Å². The van der Waals surface area contributed by atoms with Crippen molar-refractivity contribution in [1.82, 2.24) is 10.2 Å². The van der Waals surface area contributed by atoms with Crippen LogP contribution in [-0.2, 0) is 0 Å². The van der Waals surface area contributed by atoms with Crippen molar-refractivity contribution < 1.29 is 0 Å². The van der Waals surface area contributed by atoms with E-state index in [-0.39, 0.29) is 0 Å². The molecule has 1 aliphatic heterocycles. The number of likely N-dealkylation sites (N-methyl/N-ethyl adjacent to an activating group) is 1. The van der Waals surface area contributed by atoms with Crippen LogP contribution in [0.2, 0.25) is 0 Å². The molecule has 2 nitrogen and oxygen atoms in total. The third-order valence-electron chi connectivity index (χ3n) is 4.49. The molecule has 1 N–H and O–H groups in total. The van der Waals surface area contributed by atoms with E-state index in [4.69, 9.17) is 0 Å². The third kappa shape index (κ3) is 3.96. The van der Waals surface area contributed by atoms with Crippen molar-refractivity contribution in [2.45, 2.75) is 84.8 Å². The summed E-state index contributed by atoms with van der Waals surface area (Å²) in [5, 5.41) is 3.73. The van der Waals surface area contributed by atoms with Gasteiger partial charge in [0.1, 0.15) is 0 Å². The highest BCUT2D eigenvalue weighted by Crippen LogP contribution is 2.29. The van der Waals surface area contributed by atoms with E-state index in [1.165, 1.54) is 38.6 Å². The molecule has 3 atom stereocenters. The van der Waals surface area contributed by atoms with Crippen molar-refractivity contribution >= 4 is 0 Å². The number of hydrogen-bond acceptors (Lipinski definition) is 2. The summed E-state index contributed by atoms with van der Waals surface area (Å²) >= 11 is 0. The zero-order chi connectivity index (χ0) is 13.5. The van der Waals surface area contributed by atoms with Crippen molar-refractivity contribution in [1.29, 1.82) is 0 Å². The molecular weight excluding hydrogens is 220 g/mol. The van der Waals surface area contributed by atoms with Crippen molar-refractivity contribution in [3.8, 4) is 0 Å². The van der Waals surface area contributed by atoms with E-state index in [9.17, 15) is 0 Å². The summed E-state index contributed by atoms with van der Waals surface area (Å²) < 4.78 is 0. The molecule has 0 radical (unpaired) electrons. The number of nitrogens with zero attached hydrogens (tertiary/aromatic N) is 1. The first-order valence-corrected chi connectivity index (χ1v) is 8.14. The third-order valence-corrected chi connectivity index (χ3v) is 4.49. The molecule has 1 rings (SSSR count). The van der Waals surface area contributed by atoms with Crippen molar-refractivity contribution in [2.75, 3.05) is 13.1 Å². The van der Waals surface area contributed by atoms with E-state index in [0.717, 1.165) is 24.5 Å². The SMILES string of the molecule is CCCC(NCC)C(CC)N1CCCC1C(C)C. The van der Waals surface area contributed by atoms with Gasteiger partial charge in [0.2, 0.25) is 0 Å². The lowest BCUT2D eigenvalue weighted by Gasteiger charge is -2.39. The molecule has 1 heterocycles. The zero-order valence-electron chi connectivity index (χ0n) is 13.2. The predicted molar refractivity (Wildman–Crippen MR) is 81.0 cm³/mol. The second-order valence-corrected chi connectivity index (χ2v) is 6.12. The highest BCUT2D eigenvalue weighted by molar-refractivity contribution is 4.91. The molecule has 18 heavy (non-hydrogen) atoms. The summed E-state index contributed by atoms with van der Waals surface area (Å²) in [6.07, 6.45) is 6.67. The fourth-order valence-corrected chi connectivity index (χ4v) is 3.70. The summed E-state index contributed by atoms with van der Waals surface area (Å²) in [5.74, 6) is 0.797. The molecule has 0 amide bonds. The topological polar surface area (TPSA) is 15.3 Å². The van der Waals surface area contributed by atoms with Gasteiger partial charge in [-0.05, 0) is 44.7 Å². The maximum absolute atomic E-state index is 3.73. The van der Waals surface area contributed by atoms with E-state index in [2.05, 4.69) is 44.8 Å². The highest BCUT2D eigenvalue weighted by Gasteiger charge is 2.34. The molecule has 3 unspecified atom stereocenters. The van der Waals surface area contributed by atoms with Crippen molar-refractivity contribution in [3.63, 3.8) is 0 Å². The molecule has 0 spiro atoms. The standard InChI is InChI=1S/C16H34N2/c1-6-10-14(17-8-3)15(7-2)18-12-9-11-16(18)13(4)5/h13-17H,6-12H2,1-5H3. The Kier molecular flexibility index (Phi) is 7.25. The molecule has 0 aromatic carbocycles. The average Bonchev–Trinajstić information content (AvgIpc) is 2.80. The average molecular weight is 254 g/mol. The van der Waals surface area contributed by atoms with Crippen LogP contribution in [0, 0.1) is 5.92 Å². The molecular formula is C16H34N2. The van der Waals surface area contributed by atoms with E-state index < -0.39 is 0 Å². The van der Waals surface area contributed by atoms with Gasteiger partial charge in [-0.2, -0.15) is 0 Å². The molecule has 0 saturated carbocycles. The van der Waals surface area contributed by atoms with Gasteiger partial charge < -0.3 is 5.32 Å². The number of rotatable bonds is 8. The molecule has 2 heteroatoms. The Balaban J connectivity index is 2.72. The first-order valence-electron chi connectivity index (χ1n) is 8.14. The maximum atomic E-state index is 3.73. The Morgan fingerprint density at radius 3 is 2.44 bits per heavy atom. The Hall–Kier alpha value is -0.0800. The largest absolute Gasteiger partial charge is 0.313 e. The smallest absolute Gasteiger partial charge is 0.0249 e. The number of likely N-dealkylation sites (tertiary alicyclic amines) is 1. The second kappa shape index (κ2) is 8.16. The van der Waals surface area contributed by atoms with Crippen LogP contribution in [0.3, 0.4) is 0 Å². The molecule has 0 aromatic heterocycles. The second-order valence-electron chi connectivity index (χ2n) is 6.12. The van der Waals surface area contributed by atoms with Gasteiger partial charge in [0.25, 0.3) is 0 Å². The number of hydrogen-bond donors (Lipinski definition) is 1. The van der Waals surface area contributed by atoms with Crippen LogP contribution in [0.25, 0.3) is 0 Å². The molecule has 1 saturated heterocycles. The fourth-order valence-electron chi connectivity index (χ4n) is 3.70. The molecule has 0 bridgehead atoms. The van der Waals surface area contributed by atoms with E-state index in [1.54, 1.807) is 0 Å². The predicted octanol–water partition coefficient (Wildman–Crippen LogP) is 3.66. The molecule has 1 aliphatic rings. The normalized spacial score (nSPS) is 24.7. The fraction of sp³-hybridized carbons (Fsp3) is 1.00. The minimum absolute atomic E-state index is 0.685. The summed E-state index contributed by atoms with van der Waals surface area (Å²) in [6.45, 7) is 14.1. The van der Waals surface area contributed by atoms with E-state index in [1.807, 2.05) is 0 Å². The maximum Gasteiger partial charge on any atom is 0.0249 e. The quantitative estimate of drug-likeness (QED) is 0.711. The van der Waals surface area contributed by atoms with Crippen LogP contribution in [0.5, 0.6) is 0 Å². The van der Waals surface area contributed by atoms with Gasteiger partial charge in [-0.15, -0.1) is 0 Å². The van der Waals surface area contributed by atoms with Gasteiger partial charge in [-0.1, -0.05) is 41.0 Å². The first kappa shape index (κ1) is 16.0. The zero-order valence-corrected chi connectivity index (χ0v) is 13.2. The monoisotopic (exact) mass is 254 g/mol. The van der Waals surface area contributed by atoms with Crippen LogP contribution in [-0.4, -0.2) is 36.1 Å². The van der Waals surface area contributed by atoms with Gasteiger partial charge in [0.15, 0.2) is 0 Å². The van der Waals surface area contributed by atoms with Crippen molar-refractivity contribution in [2.24, 2.45) is 5.92 Å². The van der Waals surface area contributed by atoms with E-state index in [0.29, 0.717) is 6.04 Å². The molecule has 0 aromatic rings. The summed E-state index contributed by atoms with van der Waals surface area (Å²) in [6, 6.07) is 2.23.